The van der Waals surface area contributed by atoms with Crippen LogP contribution in [0.4, 0.5) is 4.79 Å². The topological polar surface area (TPSA) is 61.4 Å². The van der Waals surface area contributed by atoms with E-state index in [2.05, 4.69) is 37.5 Å². The molecule has 0 fully saturated rings. The van der Waals surface area contributed by atoms with Gasteiger partial charge in [0.2, 0.25) is 0 Å². The maximum atomic E-state index is 11.8. The van der Waals surface area contributed by atoms with Crippen LogP contribution in [0.2, 0.25) is 0 Å². The number of carbonyl (C=O) groups excluding carboxylic acids is 1. The second-order valence-electron chi connectivity index (χ2n) is 5.77. The van der Waals surface area contributed by atoms with E-state index in [1.54, 1.807) is 0 Å². The van der Waals surface area contributed by atoms with Gasteiger partial charge in [-0.1, -0.05) is 37.6 Å². The maximum absolute atomic E-state index is 11.8. The second-order valence-corrected chi connectivity index (χ2v) is 5.77. The third-order valence-electron chi connectivity index (χ3n) is 3.25. The molecule has 0 spiro atoms. The summed E-state index contributed by atoms with van der Waals surface area (Å²) in [6.45, 7) is 8.69. The Kier molecular flexibility index (Phi) is 6.52. The molecule has 0 saturated heterocycles. The van der Waals surface area contributed by atoms with Crippen molar-refractivity contribution in [2.45, 2.75) is 46.7 Å². The lowest BCUT2D eigenvalue weighted by Gasteiger charge is -2.19. The molecular formula is C16H26N2O2. The molecule has 4 heteroatoms. The van der Waals surface area contributed by atoms with E-state index in [0.29, 0.717) is 12.5 Å². The zero-order valence-corrected chi connectivity index (χ0v) is 12.9. The van der Waals surface area contributed by atoms with Gasteiger partial charge in [0.05, 0.1) is 12.6 Å². The van der Waals surface area contributed by atoms with E-state index >= 15 is 0 Å². The molecule has 0 aliphatic heterocycles. The summed E-state index contributed by atoms with van der Waals surface area (Å²) in [5.41, 5.74) is 3.49. The van der Waals surface area contributed by atoms with Crippen LogP contribution in [-0.4, -0.2) is 23.8 Å². The van der Waals surface area contributed by atoms with Crippen molar-refractivity contribution in [2.24, 2.45) is 5.92 Å². The molecule has 0 radical (unpaired) electrons. The quantitative estimate of drug-likeness (QED) is 0.748. The Bertz CT molecular complexity index is 444. The van der Waals surface area contributed by atoms with Crippen molar-refractivity contribution in [3.8, 4) is 0 Å². The smallest absolute Gasteiger partial charge is 0.315 e. The van der Waals surface area contributed by atoms with Crippen LogP contribution in [0.15, 0.2) is 18.2 Å². The number of rotatable bonds is 6. The fourth-order valence-electron chi connectivity index (χ4n) is 2.20. The van der Waals surface area contributed by atoms with Gasteiger partial charge in [0.1, 0.15) is 0 Å². The average molecular weight is 278 g/mol. The highest BCUT2D eigenvalue weighted by Crippen LogP contribution is 2.10. The van der Waals surface area contributed by atoms with Gasteiger partial charge < -0.3 is 15.7 Å². The van der Waals surface area contributed by atoms with Crippen LogP contribution < -0.4 is 10.6 Å². The monoisotopic (exact) mass is 278 g/mol. The van der Waals surface area contributed by atoms with Crippen LogP contribution in [0.1, 0.15) is 37.0 Å². The van der Waals surface area contributed by atoms with Crippen molar-refractivity contribution in [3.05, 3.63) is 34.9 Å². The van der Waals surface area contributed by atoms with Crippen LogP contribution >= 0.6 is 0 Å². The molecule has 4 nitrogen and oxygen atoms in total. The van der Waals surface area contributed by atoms with Gasteiger partial charge in [0, 0.05) is 6.54 Å². The summed E-state index contributed by atoms with van der Waals surface area (Å²) in [7, 11) is 0. The van der Waals surface area contributed by atoms with E-state index in [-0.39, 0.29) is 18.7 Å². The minimum absolute atomic E-state index is 0.0326. The minimum atomic E-state index is -0.232. The van der Waals surface area contributed by atoms with Crippen LogP contribution in [0.3, 0.4) is 0 Å². The number of urea groups is 1. The van der Waals surface area contributed by atoms with E-state index in [0.717, 1.165) is 12.0 Å². The summed E-state index contributed by atoms with van der Waals surface area (Å²) in [5.74, 6) is 0.437. The first-order chi connectivity index (χ1) is 9.42. The minimum Gasteiger partial charge on any atom is -0.394 e. The fourth-order valence-corrected chi connectivity index (χ4v) is 2.20. The van der Waals surface area contributed by atoms with Crippen LogP contribution in [0.25, 0.3) is 0 Å². The lowest BCUT2D eigenvalue weighted by Crippen LogP contribution is -2.44. The Labute approximate surface area is 121 Å². The highest BCUT2D eigenvalue weighted by Gasteiger charge is 2.12. The van der Waals surface area contributed by atoms with Crippen molar-refractivity contribution in [1.82, 2.24) is 10.6 Å². The molecule has 1 unspecified atom stereocenters. The summed E-state index contributed by atoms with van der Waals surface area (Å²) in [6, 6.07) is 5.75. The molecule has 0 aliphatic rings. The lowest BCUT2D eigenvalue weighted by atomic mass is 10.0. The van der Waals surface area contributed by atoms with Crippen molar-refractivity contribution in [1.29, 1.82) is 0 Å². The van der Waals surface area contributed by atoms with E-state index < -0.39 is 0 Å². The second kappa shape index (κ2) is 7.90. The number of amides is 2. The van der Waals surface area contributed by atoms with Gasteiger partial charge in [-0.2, -0.15) is 0 Å². The zero-order chi connectivity index (χ0) is 15.1. The first kappa shape index (κ1) is 16.5. The van der Waals surface area contributed by atoms with Crippen molar-refractivity contribution in [2.75, 3.05) is 6.61 Å². The lowest BCUT2D eigenvalue weighted by molar-refractivity contribution is 0.206. The molecule has 0 bridgehead atoms. The van der Waals surface area contributed by atoms with E-state index in [9.17, 15) is 9.90 Å². The molecule has 0 aromatic heterocycles. The number of carbonyl (C=O) groups is 1. The summed E-state index contributed by atoms with van der Waals surface area (Å²) in [6.07, 6.45) is 0.771. The Morgan fingerprint density at radius 3 is 2.55 bits per heavy atom. The first-order valence-corrected chi connectivity index (χ1v) is 7.13. The zero-order valence-electron chi connectivity index (χ0n) is 12.9. The maximum Gasteiger partial charge on any atom is 0.315 e. The summed E-state index contributed by atoms with van der Waals surface area (Å²) in [4.78, 5) is 11.8. The van der Waals surface area contributed by atoms with Gasteiger partial charge in [-0.25, -0.2) is 4.79 Å². The summed E-state index contributed by atoms with van der Waals surface area (Å²) < 4.78 is 0. The van der Waals surface area contributed by atoms with Crippen molar-refractivity contribution in [3.63, 3.8) is 0 Å². The van der Waals surface area contributed by atoms with E-state index in [4.69, 9.17) is 0 Å². The molecule has 0 saturated carbocycles. The molecule has 0 aliphatic carbocycles. The number of aryl methyl sites for hydroxylation is 2. The first-order valence-electron chi connectivity index (χ1n) is 7.13. The number of aliphatic hydroxyl groups is 1. The highest BCUT2D eigenvalue weighted by atomic mass is 16.3. The van der Waals surface area contributed by atoms with Crippen LogP contribution in [0, 0.1) is 19.8 Å². The Balaban J connectivity index is 2.46. The van der Waals surface area contributed by atoms with Gasteiger partial charge in [-0.3, -0.25) is 0 Å². The third kappa shape index (κ3) is 5.61. The van der Waals surface area contributed by atoms with Crippen molar-refractivity contribution >= 4 is 6.03 Å². The predicted molar refractivity (Wildman–Crippen MR) is 81.6 cm³/mol. The number of aliphatic hydroxyl groups excluding tert-OH is 1. The van der Waals surface area contributed by atoms with Gasteiger partial charge in [0.25, 0.3) is 0 Å². The molecule has 1 aromatic carbocycles. The molecule has 112 valence electrons. The number of benzene rings is 1. The molecule has 1 rings (SSSR count). The van der Waals surface area contributed by atoms with Gasteiger partial charge in [-0.15, -0.1) is 0 Å². The van der Waals surface area contributed by atoms with E-state index in [1.165, 1.54) is 11.1 Å². The van der Waals surface area contributed by atoms with E-state index in [1.807, 2.05) is 19.1 Å². The van der Waals surface area contributed by atoms with Crippen molar-refractivity contribution < 1.29 is 9.90 Å². The van der Waals surface area contributed by atoms with Crippen LogP contribution in [0.5, 0.6) is 0 Å². The largest absolute Gasteiger partial charge is 0.394 e. The summed E-state index contributed by atoms with van der Waals surface area (Å²) >= 11 is 0. The Morgan fingerprint density at radius 2 is 2.00 bits per heavy atom. The SMILES string of the molecule is Cc1ccc(CNC(=O)NC(CO)CC(C)C)c(C)c1. The molecule has 3 N–H and O–H groups in total. The number of nitrogens with one attached hydrogen (secondary N) is 2. The van der Waals surface area contributed by atoms with Crippen LogP contribution in [-0.2, 0) is 6.54 Å². The average Bonchev–Trinajstić information content (AvgIpc) is 2.36. The fraction of sp³-hybridized carbons (Fsp3) is 0.562. The van der Waals surface area contributed by atoms with Gasteiger partial charge in [0.15, 0.2) is 0 Å². The molecule has 0 heterocycles. The summed E-state index contributed by atoms with van der Waals surface area (Å²) in [5, 5.41) is 14.9. The molecule has 20 heavy (non-hydrogen) atoms. The molecular weight excluding hydrogens is 252 g/mol. The highest BCUT2D eigenvalue weighted by molar-refractivity contribution is 5.74. The van der Waals surface area contributed by atoms with Gasteiger partial charge in [-0.05, 0) is 37.3 Å². The Hall–Kier alpha value is -1.55. The third-order valence-corrected chi connectivity index (χ3v) is 3.25. The Morgan fingerprint density at radius 1 is 1.30 bits per heavy atom. The molecule has 1 aromatic rings. The number of hydrogen-bond acceptors (Lipinski definition) is 2. The molecule has 1 atom stereocenters. The number of hydrogen-bond donors (Lipinski definition) is 3. The standard InChI is InChI=1S/C16H26N2O2/c1-11(2)7-15(10-19)18-16(20)17-9-14-6-5-12(3)8-13(14)4/h5-6,8,11,15,19H,7,9-10H2,1-4H3,(H2,17,18,20). The van der Waals surface area contributed by atoms with Gasteiger partial charge >= 0.3 is 6.03 Å². The predicted octanol–water partition coefficient (Wildman–Crippen LogP) is 2.51. The molecule has 2 amide bonds. The normalized spacial score (nSPS) is 12.3.